The highest BCUT2D eigenvalue weighted by atomic mass is 16.6. The number of carbonyl (C=O) groups excluding carboxylic acids is 1. The highest BCUT2D eigenvalue weighted by molar-refractivity contribution is 6.09. The Morgan fingerprint density at radius 2 is 1.89 bits per heavy atom. The molecule has 1 aliphatic rings. The first-order chi connectivity index (χ1) is 12.9. The van der Waals surface area contributed by atoms with Gasteiger partial charge in [-0.25, -0.2) is 0 Å². The molecule has 1 saturated heterocycles. The number of nitro groups is 1. The van der Waals surface area contributed by atoms with Gasteiger partial charge in [-0.2, -0.15) is 0 Å². The fourth-order valence-corrected chi connectivity index (χ4v) is 3.96. The van der Waals surface area contributed by atoms with Gasteiger partial charge >= 0.3 is 0 Å². The van der Waals surface area contributed by atoms with Crippen LogP contribution in [-0.2, 0) is 0 Å². The first-order valence-electron chi connectivity index (χ1n) is 9.18. The Balaban J connectivity index is 1.92. The van der Waals surface area contributed by atoms with E-state index in [1.54, 1.807) is 36.4 Å². The molecule has 6 heteroatoms. The molecule has 1 heterocycles. The average Bonchev–Trinajstić information content (AvgIpc) is 2.67. The summed E-state index contributed by atoms with van der Waals surface area (Å²) in [7, 11) is 4.01. The molecule has 1 aliphatic heterocycles. The van der Waals surface area contributed by atoms with Crippen LogP contribution in [0.3, 0.4) is 0 Å². The summed E-state index contributed by atoms with van der Waals surface area (Å²) in [4.78, 5) is 28.3. The quantitative estimate of drug-likeness (QED) is 0.459. The van der Waals surface area contributed by atoms with Crippen molar-refractivity contribution in [3.05, 3.63) is 69.8 Å². The van der Waals surface area contributed by atoms with Crippen LogP contribution >= 0.6 is 0 Å². The van der Waals surface area contributed by atoms with Gasteiger partial charge in [-0.15, -0.1) is 0 Å². The van der Waals surface area contributed by atoms with Crippen molar-refractivity contribution >= 4 is 17.2 Å². The number of anilines is 1. The lowest BCUT2D eigenvalue weighted by atomic mass is 9.92. The molecule has 2 atom stereocenters. The molecule has 0 amide bonds. The third kappa shape index (κ3) is 4.01. The molecule has 0 bridgehead atoms. The van der Waals surface area contributed by atoms with E-state index in [2.05, 4.69) is 18.9 Å². The van der Waals surface area contributed by atoms with Crippen LogP contribution in [0.15, 0.2) is 48.5 Å². The van der Waals surface area contributed by atoms with Crippen molar-refractivity contribution in [2.24, 2.45) is 5.92 Å². The van der Waals surface area contributed by atoms with Gasteiger partial charge in [-0.05, 0) is 38.1 Å². The van der Waals surface area contributed by atoms with Crippen molar-refractivity contribution in [2.45, 2.75) is 19.4 Å². The Bertz CT molecular complexity index is 838. The van der Waals surface area contributed by atoms with Crippen LogP contribution in [0.4, 0.5) is 11.4 Å². The van der Waals surface area contributed by atoms with Gasteiger partial charge in [0.05, 0.1) is 4.92 Å². The molecule has 0 saturated carbocycles. The van der Waals surface area contributed by atoms with Gasteiger partial charge in [0.2, 0.25) is 0 Å². The van der Waals surface area contributed by atoms with Gasteiger partial charge in [0.1, 0.15) is 5.69 Å². The van der Waals surface area contributed by atoms with Crippen molar-refractivity contribution in [3.8, 4) is 0 Å². The number of likely N-dealkylation sites (tertiary alicyclic amines) is 1. The molecule has 2 aromatic carbocycles. The number of benzene rings is 2. The first-order valence-corrected chi connectivity index (χ1v) is 9.18. The normalized spacial score (nSPS) is 20.3. The van der Waals surface area contributed by atoms with Gasteiger partial charge in [0.15, 0.2) is 5.78 Å². The molecule has 6 nitrogen and oxygen atoms in total. The molecular formula is C21H25N3O3. The minimum atomic E-state index is -0.396. The van der Waals surface area contributed by atoms with Crippen molar-refractivity contribution in [3.63, 3.8) is 0 Å². The topological polar surface area (TPSA) is 66.7 Å². The lowest BCUT2D eigenvalue weighted by molar-refractivity contribution is -0.384. The number of hydrogen-bond donors (Lipinski definition) is 0. The highest BCUT2D eigenvalue weighted by Crippen LogP contribution is 2.33. The maximum absolute atomic E-state index is 12.7. The summed E-state index contributed by atoms with van der Waals surface area (Å²) >= 11 is 0. The van der Waals surface area contributed by atoms with Crippen LogP contribution in [0.1, 0.15) is 29.3 Å². The van der Waals surface area contributed by atoms with Gasteiger partial charge in [-0.1, -0.05) is 37.3 Å². The smallest absolute Gasteiger partial charge is 0.293 e. The number of nitrogens with zero attached hydrogens (tertiary/aromatic N) is 3. The number of ketones is 1. The van der Waals surface area contributed by atoms with Crippen LogP contribution in [0.2, 0.25) is 0 Å². The Labute approximate surface area is 159 Å². The second-order valence-corrected chi connectivity index (χ2v) is 7.36. The molecule has 0 aromatic heterocycles. The Hall–Kier alpha value is -2.73. The monoisotopic (exact) mass is 367 g/mol. The zero-order valence-electron chi connectivity index (χ0n) is 16.0. The number of hydrogen-bond acceptors (Lipinski definition) is 5. The largest absolute Gasteiger partial charge is 0.366 e. The minimum absolute atomic E-state index is 0.0228. The standard InChI is InChI=1S/C21H25N3O3/c1-15-14-22(2)12-11-18(15)23(3)19-10-9-17(13-20(19)24(26)27)21(25)16-7-5-4-6-8-16/h4-10,13,15,18H,11-12,14H2,1-3H3/t15-,18-/m1/s1. The van der Waals surface area contributed by atoms with Gasteiger partial charge in [0.25, 0.3) is 5.69 Å². The summed E-state index contributed by atoms with van der Waals surface area (Å²) in [5, 5.41) is 11.7. The van der Waals surface area contributed by atoms with Crippen molar-refractivity contribution in [1.82, 2.24) is 4.90 Å². The predicted octanol–water partition coefficient (Wildman–Crippen LogP) is 3.60. The van der Waals surface area contributed by atoms with E-state index in [0.29, 0.717) is 22.7 Å². The number of piperidine rings is 1. The molecule has 0 spiro atoms. The summed E-state index contributed by atoms with van der Waals surface area (Å²) in [5.74, 6) is 0.194. The number of nitro benzene ring substituents is 1. The fraction of sp³-hybridized carbons (Fsp3) is 0.381. The van der Waals surface area contributed by atoms with Gasteiger partial charge in [0, 0.05) is 36.8 Å². The van der Waals surface area contributed by atoms with E-state index >= 15 is 0 Å². The zero-order chi connectivity index (χ0) is 19.6. The third-order valence-electron chi connectivity index (χ3n) is 5.41. The Morgan fingerprint density at radius 3 is 2.52 bits per heavy atom. The highest BCUT2D eigenvalue weighted by Gasteiger charge is 2.31. The third-order valence-corrected chi connectivity index (χ3v) is 5.41. The maximum atomic E-state index is 12.7. The van der Waals surface area contributed by atoms with E-state index in [1.165, 1.54) is 6.07 Å². The predicted molar refractivity (Wildman–Crippen MR) is 106 cm³/mol. The fourth-order valence-electron chi connectivity index (χ4n) is 3.96. The van der Waals surface area contributed by atoms with Gasteiger partial charge < -0.3 is 9.80 Å². The number of carbonyl (C=O) groups is 1. The second-order valence-electron chi connectivity index (χ2n) is 7.36. The van der Waals surface area contributed by atoms with Crippen LogP contribution in [0.25, 0.3) is 0 Å². The SMILES string of the molecule is C[C@@H]1CN(C)CC[C@H]1N(C)c1ccc(C(=O)c2ccccc2)cc1[N+](=O)[O-]. The summed E-state index contributed by atoms with van der Waals surface area (Å²) < 4.78 is 0. The molecular weight excluding hydrogens is 342 g/mol. The van der Waals surface area contributed by atoms with E-state index in [1.807, 2.05) is 18.0 Å². The summed E-state index contributed by atoms with van der Waals surface area (Å²) in [6.45, 7) is 4.11. The second kappa shape index (κ2) is 7.88. The molecule has 2 aromatic rings. The van der Waals surface area contributed by atoms with Crippen LogP contribution in [-0.4, -0.2) is 48.8 Å². The lowest BCUT2D eigenvalue weighted by Crippen LogP contribution is -2.48. The van der Waals surface area contributed by atoms with E-state index in [9.17, 15) is 14.9 Å². The summed E-state index contributed by atoms with van der Waals surface area (Å²) in [5.41, 5.74) is 1.40. The first kappa shape index (κ1) is 19.0. The molecule has 0 radical (unpaired) electrons. The molecule has 0 aliphatic carbocycles. The maximum Gasteiger partial charge on any atom is 0.293 e. The minimum Gasteiger partial charge on any atom is -0.366 e. The van der Waals surface area contributed by atoms with E-state index in [0.717, 1.165) is 19.5 Å². The van der Waals surface area contributed by atoms with Crippen LogP contribution in [0, 0.1) is 16.0 Å². The number of rotatable bonds is 5. The van der Waals surface area contributed by atoms with Crippen LogP contribution < -0.4 is 4.90 Å². The molecule has 27 heavy (non-hydrogen) atoms. The van der Waals surface area contributed by atoms with Crippen molar-refractivity contribution < 1.29 is 9.72 Å². The van der Waals surface area contributed by atoms with E-state index in [-0.39, 0.29) is 17.5 Å². The summed E-state index contributed by atoms with van der Waals surface area (Å²) in [6, 6.07) is 13.9. The van der Waals surface area contributed by atoms with Crippen molar-refractivity contribution in [2.75, 3.05) is 32.1 Å². The Kier molecular flexibility index (Phi) is 5.56. The van der Waals surface area contributed by atoms with Crippen LogP contribution in [0.5, 0.6) is 0 Å². The average molecular weight is 367 g/mol. The van der Waals surface area contributed by atoms with Gasteiger partial charge in [-0.3, -0.25) is 14.9 Å². The summed E-state index contributed by atoms with van der Waals surface area (Å²) in [6.07, 6.45) is 0.954. The molecule has 0 unspecified atom stereocenters. The lowest BCUT2D eigenvalue weighted by Gasteiger charge is -2.40. The molecule has 1 fully saturated rings. The molecule has 142 valence electrons. The van der Waals surface area contributed by atoms with E-state index in [4.69, 9.17) is 0 Å². The molecule has 0 N–H and O–H groups in total. The Morgan fingerprint density at radius 1 is 1.19 bits per heavy atom. The zero-order valence-corrected chi connectivity index (χ0v) is 16.0. The van der Waals surface area contributed by atoms with E-state index < -0.39 is 4.92 Å². The molecule has 3 rings (SSSR count). The van der Waals surface area contributed by atoms with Crippen molar-refractivity contribution in [1.29, 1.82) is 0 Å².